The third-order valence-corrected chi connectivity index (χ3v) is 3.72. The second kappa shape index (κ2) is 5.96. The maximum Gasteiger partial charge on any atom is 0.0700 e. The average molecular weight is 228 g/mol. The van der Waals surface area contributed by atoms with Crippen LogP contribution < -0.4 is 5.73 Å². The Morgan fingerprint density at radius 2 is 2.31 bits per heavy atom. The summed E-state index contributed by atoms with van der Waals surface area (Å²) in [7, 11) is 0. The molecule has 0 aromatic rings. The van der Waals surface area contributed by atoms with Crippen molar-refractivity contribution in [2.24, 2.45) is 11.7 Å². The summed E-state index contributed by atoms with van der Waals surface area (Å²) in [6, 6.07) is 0.262. The van der Waals surface area contributed by atoms with E-state index in [0.29, 0.717) is 12.0 Å². The van der Waals surface area contributed by atoms with Crippen LogP contribution in [0.2, 0.25) is 0 Å². The minimum Gasteiger partial charge on any atom is -0.381 e. The fourth-order valence-electron chi connectivity index (χ4n) is 2.53. The highest BCUT2D eigenvalue weighted by Crippen LogP contribution is 2.17. The van der Waals surface area contributed by atoms with Crippen molar-refractivity contribution >= 4 is 0 Å². The van der Waals surface area contributed by atoms with Crippen molar-refractivity contribution in [1.82, 2.24) is 4.90 Å². The lowest BCUT2D eigenvalue weighted by Gasteiger charge is -2.35. The first-order valence-electron chi connectivity index (χ1n) is 6.47. The van der Waals surface area contributed by atoms with Crippen LogP contribution in [-0.2, 0) is 9.47 Å². The van der Waals surface area contributed by atoms with Gasteiger partial charge in [0.25, 0.3) is 0 Å². The van der Waals surface area contributed by atoms with E-state index in [9.17, 15) is 0 Å². The molecule has 0 aromatic heterocycles. The van der Waals surface area contributed by atoms with E-state index < -0.39 is 0 Å². The van der Waals surface area contributed by atoms with Gasteiger partial charge in [0.1, 0.15) is 0 Å². The zero-order valence-corrected chi connectivity index (χ0v) is 10.2. The third kappa shape index (κ3) is 3.17. The van der Waals surface area contributed by atoms with Crippen molar-refractivity contribution in [3.8, 4) is 0 Å². The standard InChI is InChI=1S/C12H24N2O2/c1-2-11-7-14(4-6-16-11)8-12(13)10-3-5-15-9-10/h10-12H,2-9,13H2,1H3. The lowest BCUT2D eigenvalue weighted by molar-refractivity contribution is -0.0327. The Kier molecular flexibility index (Phi) is 4.58. The SMILES string of the molecule is CCC1CN(CC(N)C2CCOC2)CCO1. The van der Waals surface area contributed by atoms with Gasteiger partial charge < -0.3 is 15.2 Å². The second-order valence-electron chi connectivity index (χ2n) is 4.95. The van der Waals surface area contributed by atoms with Crippen LogP contribution >= 0.6 is 0 Å². The van der Waals surface area contributed by atoms with Gasteiger partial charge in [-0.15, -0.1) is 0 Å². The van der Waals surface area contributed by atoms with E-state index in [-0.39, 0.29) is 6.04 Å². The molecule has 94 valence electrons. The number of rotatable bonds is 4. The minimum atomic E-state index is 0.262. The molecule has 2 rings (SSSR count). The van der Waals surface area contributed by atoms with Crippen molar-refractivity contribution in [3.63, 3.8) is 0 Å². The molecule has 0 saturated carbocycles. The lowest BCUT2D eigenvalue weighted by Crippen LogP contribution is -2.49. The van der Waals surface area contributed by atoms with Gasteiger partial charge in [0.2, 0.25) is 0 Å². The zero-order chi connectivity index (χ0) is 11.4. The largest absolute Gasteiger partial charge is 0.381 e. The zero-order valence-electron chi connectivity index (χ0n) is 10.2. The maximum absolute atomic E-state index is 6.23. The molecule has 3 atom stereocenters. The van der Waals surface area contributed by atoms with Gasteiger partial charge in [-0.25, -0.2) is 0 Å². The third-order valence-electron chi connectivity index (χ3n) is 3.72. The Labute approximate surface area is 98.1 Å². The number of nitrogens with two attached hydrogens (primary N) is 1. The summed E-state index contributed by atoms with van der Waals surface area (Å²) in [5.74, 6) is 0.558. The monoisotopic (exact) mass is 228 g/mol. The molecule has 0 radical (unpaired) electrons. The van der Waals surface area contributed by atoms with Crippen molar-refractivity contribution < 1.29 is 9.47 Å². The Morgan fingerprint density at radius 3 is 3.00 bits per heavy atom. The summed E-state index contributed by atoms with van der Waals surface area (Å²) >= 11 is 0. The van der Waals surface area contributed by atoms with Gasteiger partial charge in [0, 0.05) is 38.2 Å². The molecule has 0 spiro atoms. The highest BCUT2D eigenvalue weighted by molar-refractivity contribution is 4.81. The van der Waals surface area contributed by atoms with Crippen LogP contribution in [0.15, 0.2) is 0 Å². The molecular weight excluding hydrogens is 204 g/mol. The van der Waals surface area contributed by atoms with Crippen LogP contribution in [0.4, 0.5) is 0 Å². The van der Waals surface area contributed by atoms with Crippen LogP contribution in [0.25, 0.3) is 0 Å². The number of hydrogen-bond donors (Lipinski definition) is 1. The lowest BCUT2D eigenvalue weighted by atomic mass is 9.99. The molecule has 0 aliphatic carbocycles. The van der Waals surface area contributed by atoms with Gasteiger partial charge in [0.05, 0.1) is 19.3 Å². The first-order valence-corrected chi connectivity index (χ1v) is 6.47. The van der Waals surface area contributed by atoms with E-state index >= 15 is 0 Å². The highest BCUT2D eigenvalue weighted by atomic mass is 16.5. The Balaban J connectivity index is 1.75. The first-order chi connectivity index (χ1) is 7.79. The summed E-state index contributed by atoms with van der Waals surface area (Å²) in [5, 5.41) is 0. The molecule has 0 bridgehead atoms. The summed E-state index contributed by atoms with van der Waals surface area (Å²) in [5.41, 5.74) is 6.23. The highest BCUT2D eigenvalue weighted by Gasteiger charge is 2.26. The van der Waals surface area contributed by atoms with E-state index in [0.717, 1.165) is 52.3 Å². The van der Waals surface area contributed by atoms with Crippen molar-refractivity contribution in [1.29, 1.82) is 0 Å². The fourth-order valence-corrected chi connectivity index (χ4v) is 2.53. The second-order valence-corrected chi connectivity index (χ2v) is 4.95. The van der Waals surface area contributed by atoms with Crippen LogP contribution in [0.5, 0.6) is 0 Å². The van der Waals surface area contributed by atoms with Crippen molar-refractivity contribution in [2.45, 2.75) is 31.9 Å². The molecule has 16 heavy (non-hydrogen) atoms. The van der Waals surface area contributed by atoms with E-state index in [1.54, 1.807) is 0 Å². The Bertz CT molecular complexity index is 207. The molecule has 4 heteroatoms. The number of hydrogen-bond acceptors (Lipinski definition) is 4. The normalized spacial score (nSPS) is 34.1. The molecule has 2 N–H and O–H groups in total. The van der Waals surface area contributed by atoms with Gasteiger partial charge in [-0.3, -0.25) is 4.90 Å². The molecule has 2 saturated heterocycles. The molecule has 4 nitrogen and oxygen atoms in total. The van der Waals surface area contributed by atoms with E-state index in [4.69, 9.17) is 15.2 Å². The number of nitrogens with zero attached hydrogens (tertiary/aromatic N) is 1. The van der Waals surface area contributed by atoms with Gasteiger partial charge >= 0.3 is 0 Å². The van der Waals surface area contributed by atoms with Crippen LogP contribution in [0, 0.1) is 5.92 Å². The predicted molar refractivity (Wildman–Crippen MR) is 63.4 cm³/mol. The first kappa shape index (κ1) is 12.3. The van der Waals surface area contributed by atoms with Crippen LogP contribution in [-0.4, -0.2) is 56.5 Å². The Hall–Kier alpha value is -0.160. The minimum absolute atomic E-state index is 0.262. The van der Waals surface area contributed by atoms with Crippen LogP contribution in [0.3, 0.4) is 0 Å². The topological polar surface area (TPSA) is 47.7 Å². The molecule has 2 aliphatic rings. The molecular formula is C12H24N2O2. The quantitative estimate of drug-likeness (QED) is 0.759. The van der Waals surface area contributed by atoms with Crippen molar-refractivity contribution in [2.75, 3.05) is 39.5 Å². The van der Waals surface area contributed by atoms with Gasteiger partial charge in [-0.1, -0.05) is 6.92 Å². The number of morpholine rings is 1. The Morgan fingerprint density at radius 1 is 1.44 bits per heavy atom. The average Bonchev–Trinajstić information content (AvgIpc) is 2.83. The smallest absolute Gasteiger partial charge is 0.0700 e. The predicted octanol–water partition coefficient (Wildman–Crippen LogP) is 0.461. The van der Waals surface area contributed by atoms with Gasteiger partial charge in [0.15, 0.2) is 0 Å². The molecule has 2 fully saturated rings. The maximum atomic E-state index is 6.23. The molecule has 3 unspecified atom stereocenters. The molecule has 2 heterocycles. The van der Waals surface area contributed by atoms with Crippen LogP contribution in [0.1, 0.15) is 19.8 Å². The molecule has 0 aromatic carbocycles. The van der Waals surface area contributed by atoms with E-state index in [1.807, 2.05) is 0 Å². The summed E-state index contributed by atoms with van der Waals surface area (Å²) < 4.78 is 11.0. The summed E-state index contributed by atoms with van der Waals surface area (Å²) in [4.78, 5) is 2.45. The summed E-state index contributed by atoms with van der Waals surface area (Å²) in [6.07, 6.45) is 2.63. The molecule has 0 amide bonds. The fraction of sp³-hybridized carbons (Fsp3) is 1.00. The van der Waals surface area contributed by atoms with Gasteiger partial charge in [-0.2, -0.15) is 0 Å². The van der Waals surface area contributed by atoms with E-state index in [1.165, 1.54) is 0 Å². The molecule has 2 aliphatic heterocycles. The van der Waals surface area contributed by atoms with Crippen molar-refractivity contribution in [3.05, 3.63) is 0 Å². The number of ether oxygens (including phenoxy) is 2. The van der Waals surface area contributed by atoms with E-state index in [2.05, 4.69) is 11.8 Å². The van der Waals surface area contributed by atoms with Gasteiger partial charge in [-0.05, 0) is 12.8 Å². The summed E-state index contributed by atoms with van der Waals surface area (Å²) in [6.45, 7) is 7.83.